The number of aliphatic hydroxyl groups is 1. The van der Waals surface area contributed by atoms with Gasteiger partial charge in [-0.3, -0.25) is 4.72 Å². The third kappa shape index (κ3) is 4.47. The third-order valence-corrected chi connectivity index (χ3v) is 7.09. The number of hydrogen-bond donors (Lipinski definition) is 3. The number of hydrogen-bond acceptors (Lipinski definition) is 5. The van der Waals surface area contributed by atoms with Crippen LogP contribution < -0.4 is 10.0 Å². The minimum absolute atomic E-state index is 0.281. The van der Waals surface area contributed by atoms with Crippen LogP contribution in [0.5, 0.6) is 0 Å². The summed E-state index contributed by atoms with van der Waals surface area (Å²) in [5, 5.41) is 13.8. The second-order valence-corrected chi connectivity index (χ2v) is 10.1. The number of urea groups is 1. The van der Waals surface area contributed by atoms with Crippen LogP contribution >= 0.6 is 23.5 Å². The number of fused-ring (bicyclic) bond motifs is 2. The van der Waals surface area contributed by atoms with E-state index in [1.54, 1.807) is 32.0 Å². The average Bonchev–Trinajstić information content (AvgIpc) is 3.40. The van der Waals surface area contributed by atoms with Crippen LogP contribution in [0.3, 0.4) is 0 Å². The fraction of sp³-hybridized carbons (Fsp3) is 0.417. The molecule has 2 amide bonds. The molecule has 6 nitrogen and oxygen atoms in total. The van der Waals surface area contributed by atoms with Crippen molar-refractivity contribution in [3.8, 4) is 0 Å². The van der Waals surface area contributed by atoms with Gasteiger partial charge in [0.25, 0.3) is 0 Å². The number of amides is 2. The van der Waals surface area contributed by atoms with E-state index in [0.717, 1.165) is 83.3 Å². The Morgan fingerprint density at radius 1 is 1.03 bits per heavy atom. The summed E-state index contributed by atoms with van der Waals surface area (Å²) in [7, 11) is 1.42. The molecule has 0 aromatic heterocycles. The van der Waals surface area contributed by atoms with Crippen LogP contribution in [0.4, 0.5) is 10.5 Å². The minimum atomic E-state index is -1.04. The summed E-state index contributed by atoms with van der Waals surface area (Å²) < 4.78 is 7.89. The molecule has 32 heavy (non-hydrogen) atoms. The predicted octanol–water partition coefficient (Wildman–Crippen LogP) is 5.16. The number of ether oxygens (including phenoxy) is 1. The van der Waals surface area contributed by atoms with Gasteiger partial charge in [-0.15, -0.1) is 0 Å². The van der Waals surface area contributed by atoms with Crippen molar-refractivity contribution in [1.82, 2.24) is 4.72 Å². The summed E-state index contributed by atoms with van der Waals surface area (Å²) in [5.41, 5.74) is 5.34. The van der Waals surface area contributed by atoms with E-state index in [-0.39, 0.29) is 12.0 Å². The summed E-state index contributed by atoms with van der Waals surface area (Å²) in [6.45, 7) is 3.37. The van der Waals surface area contributed by atoms with E-state index in [4.69, 9.17) is 16.3 Å². The Labute approximate surface area is 197 Å². The topological polar surface area (TPSA) is 87.7 Å². The second kappa shape index (κ2) is 8.96. The van der Waals surface area contributed by atoms with Crippen molar-refractivity contribution in [2.75, 3.05) is 12.4 Å². The lowest BCUT2D eigenvalue weighted by molar-refractivity contribution is 0.0598. The molecule has 2 aliphatic carbocycles. The van der Waals surface area contributed by atoms with Gasteiger partial charge in [-0.1, -0.05) is 11.6 Å². The third-order valence-electron chi connectivity index (χ3n) is 6.11. The van der Waals surface area contributed by atoms with Crippen molar-refractivity contribution >= 4 is 41.2 Å². The zero-order chi connectivity index (χ0) is 23.0. The highest BCUT2D eigenvalue weighted by molar-refractivity contribution is 7.98. The van der Waals surface area contributed by atoms with Gasteiger partial charge in [0, 0.05) is 15.6 Å². The summed E-state index contributed by atoms with van der Waals surface area (Å²) in [5.74, 6) is -0.281. The van der Waals surface area contributed by atoms with E-state index in [0.29, 0.717) is 16.1 Å². The van der Waals surface area contributed by atoms with Gasteiger partial charge in [-0.25, -0.2) is 9.59 Å². The molecule has 2 aliphatic rings. The Kier molecular flexibility index (Phi) is 6.43. The molecule has 2 aromatic rings. The Balaban J connectivity index is 1.57. The Bertz CT molecular complexity index is 1060. The second-order valence-electron chi connectivity index (χ2n) is 8.76. The molecule has 0 saturated carbocycles. The Morgan fingerprint density at radius 2 is 1.62 bits per heavy atom. The van der Waals surface area contributed by atoms with Crippen molar-refractivity contribution in [1.29, 1.82) is 0 Å². The van der Waals surface area contributed by atoms with Crippen LogP contribution in [0.1, 0.15) is 64.9 Å². The zero-order valence-corrected chi connectivity index (χ0v) is 20.0. The number of anilines is 1. The van der Waals surface area contributed by atoms with Crippen molar-refractivity contribution in [3.05, 3.63) is 56.6 Å². The largest absolute Gasteiger partial charge is 0.465 e. The maximum Gasteiger partial charge on any atom is 0.338 e. The smallest absolute Gasteiger partial charge is 0.338 e. The van der Waals surface area contributed by atoms with Crippen molar-refractivity contribution < 1.29 is 19.4 Å². The standard InChI is InChI=1S/C24H27ClN2O4S/c1-24(2,30)13-10-14(25)12-15(11-13)32-27-23(29)26-21-18-8-4-6-16(18)20(22(28)31-3)17-7-5-9-19(17)21/h10-12,30H,4-9H2,1-3H3,(H2,26,27,29). The minimum Gasteiger partial charge on any atom is -0.465 e. The lowest BCUT2D eigenvalue weighted by Crippen LogP contribution is -2.25. The highest BCUT2D eigenvalue weighted by Crippen LogP contribution is 2.42. The molecule has 2 aromatic carbocycles. The lowest BCUT2D eigenvalue weighted by Gasteiger charge is -2.20. The van der Waals surface area contributed by atoms with E-state index in [1.807, 2.05) is 0 Å². The number of carbonyl (C=O) groups excluding carboxylic acids is 2. The highest BCUT2D eigenvalue weighted by Gasteiger charge is 2.32. The molecule has 0 unspecified atom stereocenters. The van der Waals surface area contributed by atoms with Gasteiger partial charge in [0.05, 0.1) is 18.3 Å². The number of carbonyl (C=O) groups is 2. The summed E-state index contributed by atoms with van der Waals surface area (Å²) in [4.78, 5) is 26.0. The fourth-order valence-electron chi connectivity index (χ4n) is 4.67. The first kappa shape index (κ1) is 23.0. The van der Waals surface area contributed by atoms with Crippen LogP contribution in [0, 0.1) is 0 Å². The van der Waals surface area contributed by atoms with Gasteiger partial charge in [0.15, 0.2) is 0 Å². The number of nitrogens with one attached hydrogen (secondary N) is 2. The van der Waals surface area contributed by atoms with E-state index in [9.17, 15) is 14.7 Å². The lowest BCUT2D eigenvalue weighted by atomic mass is 9.92. The normalized spacial score (nSPS) is 14.7. The number of rotatable bonds is 5. The molecule has 4 rings (SSSR count). The van der Waals surface area contributed by atoms with E-state index in [1.165, 1.54) is 7.11 Å². The molecule has 0 radical (unpaired) electrons. The highest BCUT2D eigenvalue weighted by atomic mass is 35.5. The molecule has 0 fully saturated rings. The van der Waals surface area contributed by atoms with Gasteiger partial charge < -0.3 is 15.2 Å². The van der Waals surface area contributed by atoms with Gasteiger partial charge in [-0.05, 0) is 110 Å². The maximum atomic E-state index is 12.8. The first-order valence-corrected chi connectivity index (χ1v) is 11.9. The molecule has 3 N–H and O–H groups in total. The average molecular weight is 475 g/mol. The molecular formula is C24H27ClN2O4S. The van der Waals surface area contributed by atoms with Crippen LogP contribution in [-0.2, 0) is 36.0 Å². The van der Waals surface area contributed by atoms with Crippen LogP contribution in [0.15, 0.2) is 23.1 Å². The molecule has 0 spiro atoms. The summed E-state index contributed by atoms with van der Waals surface area (Å²) in [6, 6.07) is 4.91. The van der Waals surface area contributed by atoms with Gasteiger partial charge in [-0.2, -0.15) is 0 Å². The molecular weight excluding hydrogens is 448 g/mol. The summed E-state index contributed by atoms with van der Waals surface area (Å²) >= 11 is 7.33. The van der Waals surface area contributed by atoms with E-state index >= 15 is 0 Å². The Morgan fingerprint density at radius 3 is 2.19 bits per heavy atom. The van der Waals surface area contributed by atoms with Crippen molar-refractivity contribution in [2.24, 2.45) is 0 Å². The molecule has 0 bridgehead atoms. The maximum absolute atomic E-state index is 12.8. The Hall–Kier alpha value is -2.22. The first-order chi connectivity index (χ1) is 15.2. The molecule has 8 heteroatoms. The van der Waals surface area contributed by atoms with Crippen LogP contribution in [-0.4, -0.2) is 24.2 Å². The van der Waals surface area contributed by atoms with E-state index < -0.39 is 5.60 Å². The molecule has 0 atom stereocenters. The zero-order valence-electron chi connectivity index (χ0n) is 18.4. The van der Waals surface area contributed by atoms with Crippen molar-refractivity contribution in [2.45, 2.75) is 62.9 Å². The SMILES string of the molecule is COC(=O)c1c2c(c(NC(=O)NSc3cc(Cl)cc(C(C)(C)O)c3)c3c1CCC3)CCC2. The van der Waals surface area contributed by atoms with E-state index in [2.05, 4.69) is 10.0 Å². The molecule has 0 aliphatic heterocycles. The first-order valence-electron chi connectivity index (χ1n) is 10.7. The number of methoxy groups -OCH3 is 1. The number of benzene rings is 2. The van der Waals surface area contributed by atoms with Crippen LogP contribution in [0.2, 0.25) is 5.02 Å². The van der Waals surface area contributed by atoms with Crippen molar-refractivity contribution in [3.63, 3.8) is 0 Å². The van der Waals surface area contributed by atoms with Gasteiger partial charge in [0.1, 0.15) is 0 Å². The fourth-order valence-corrected chi connectivity index (χ4v) is 5.61. The quantitative estimate of drug-likeness (QED) is 0.411. The van der Waals surface area contributed by atoms with Gasteiger partial charge in [0.2, 0.25) is 0 Å². The monoisotopic (exact) mass is 474 g/mol. The molecule has 170 valence electrons. The number of halogens is 1. The van der Waals surface area contributed by atoms with Crippen LogP contribution in [0.25, 0.3) is 0 Å². The van der Waals surface area contributed by atoms with Gasteiger partial charge >= 0.3 is 12.0 Å². The summed E-state index contributed by atoms with van der Waals surface area (Å²) in [6.07, 6.45) is 5.21. The molecule has 0 saturated heterocycles. The number of esters is 1. The predicted molar refractivity (Wildman–Crippen MR) is 127 cm³/mol. The molecule has 0 heterocycles.